The van der Waals surface area contributed by atoms with Gasteiger partial charge in [0.1, 0.15) is 5.75 Å². The Morgan fingerprint density at radius 2 is 1.94 bits per heavy atom. The highest BCUT2D eigenvalue weighted by Gasteiger charge is 2.32. The number of benzene rings is 1. The van der Waals surface area contributed by atoms with Gasteiger partial charge in [0.05, 0.1) is 0 Å². The number of rotatable bonds is 2. The lowest BCUT2D eigenvalue weighted by Gasteiger charge is -2.24. The summed E-state index contributed by atoms with van der Waals surface area (Å²) in [4.78, 5) is 13.6. The zero-order chi connectivity index (χ0) is 13.3. The van der Waals surface area contributed by atoms with Crippen molar-refractivity contribution in [2.75, 3.05) is 13.6 Å². The van der Waals surface area contributed by atoms with Crippen LogP contribution in [-0.2, 0) is 10.2 Å². The molecule has 0 aliphatic carbocycles. The standard InChI is InChI=1S/C15H21NO2/c1-15(2,3)11-7-5-6-8-12(11)18-13-9-10-16(4)14(13)17/h5-8,13H,9-10H2,1-4H3. The van der Waals surface area contributed by atoms with Gasteiger partial charge in [-0.3, -0.25) is 4.79 Å². The number of amides is 1. The van der Waals surface area contributed by atoms with E-state index in [2.05, 4.69) is 26.8 Å². The normalized spacial score (nSPS) is 20.3. The summed E-state index contributed by atoms with van der Waals surface area (Å²) in [5.74, 6) is 0.914. The van der Waals surface area contributed by atoms with Gasteiger partial charge in [-0.25, -0.2) is 0 Å². The van der Waals surface area contributed by atoms with Crippen LogP contribution in [0.3, 0.4) is 0 Å². The molecule has 98 valence electrons. The predicted octanol–water partition coefficient (Wildman–Crippen LogP) is 2.59. The summed E-state index contributed by atoms with van der Waals surface area (Å²) in [7, 11) is 1.82. The van der Waals surface area contributed by atoms with Crippen molar-refractivity contribution in [2.24, 2.45) is 0 Å². The van der Waals surface area contributed by atoms with E-state index in [-0.39, 0.29) is 17.4 Å². The highest BCUT2D eigenvalue weighted by molar-refractivity contribution is 5.83. The fourth-order valence-electron chi connectivity index (χ4n) is 2.24. The molecule has 0 N–H and O–H groups in total. The largest absolute Gasteiger partial charge is 0.480 e. The van der Waals surface area contributed by atoms with Gasteiger partial charge >= 0.3 is 0 Å². The molecule has 0 spiro atoms. The van der Waals surface area contributed by atoms with Gasteiger partial charge < -0.3 is 9.64 Å². The number of carbonyl (C=O) groups excluding carboxylic acids is 1. The van der Waals surface area contributed by atoms with E-state index in [1.807, 2.05) is 25.2 Å². The molecule has 18 heavy (non-hydrogen) atoms. The number of likely N-dealkylation sites (tertiary alicyclic amines) is 1. The van der Waals surface area contributed by atoms with Gasteiger partial charge in [-0.1, -0.05) is 39.0 Å². The monoisotopic (exact) mass is 247 g/mol. The second-order valence-corrected chi connectivity index (χ2v) is 5.90. The molecular formula is C15H21NO2. The number of hydrogen-bond acceptors (Lipinski definition) is 2. The highest BCUT2D eigenvalue weighted by Crippen LogP contribution is 2.32. The molecule has 1 unspecified atom stereocenters. The fraction of sp³-hybridized carbons (Fsp3) is 0.533. The van der Waals surface area contributed by atoms with Crippen molar-refractivity contribution in [1.82, 2.24) is 4.90 Å². The SMILES string of the molecule is CN1CCC(Oc2ccccc2C(C)(C)C)C1=O. The first-order valence-corrected chi connectivity index (χ1v) is 6.41. The van der Waals surface area contributed by atoms with Gasteiger partial charge in [-0.15, -0.1) is 0 Å². The van der Waals surface area contributed by atoms with Crippen LogP contribution in [0.1, 0.15) is 32.8 Å². The van der Waals surface area contributed by atoms with Crippen molar-refractivity contribution < 1.29 is 9.53 Å². The minimum atomic E-state index is -0.321. The minimum absolute atomic E-state index is 0.0180. The number of likely N-dealkylation sites (N-methyl/N-ethyl adjacent to an activating group) is 1. The lowest BCUT2D eigenvalue weighted by molar-refractivity contribution is -0.132. The Morgan fingerprint density at radius 3 is 2.50 bits per heavy atom. The van der Waals surface area contributed by atoms with Crippen molar-refractivity contribution in [1.29, 1.82) is 0 Å². The molecule has 2 rings (SSSR count). The molecule has 0 bridgehead atoms. The van der Waals surface area contributed by atoms with E-state index < -0.39 is 0 Å². The molecule has 0 saturated carbocycles. The third-order valence-electron chi connectivity index (χ3n) is 3.34. The van der Waals surface area contributed by atoms with Gasteiger partial charge in [0.2, 0.25) is 0 Å². The number of nitrogens with zero attached hydrogens (tertiary/aromatic N) is 1. The summed E-state index contributed by atoms with van der Waals surface area (Å²) < 4.78 is 5.92. The van der Waals surface area contributed by atoms with Crippen LogP contribution >= 0.6 is 0 Å². The second-order valence-electron chi connectivity index (χ2n) is 5.90. The summed E-state index contributed by atoms with van der Waals surface area (Å²) in [5.41, 5.74) is 1.16. The molecule has 1 aromatic rings. The smallest absolute Gasteiger partial charge is 0.263 e. The molecule has 0 radical (unpaired) electrons. The third-order valence-corrected chi connectivity index (χ3v) is 3.34. The predicted molar refractivity (Wildman–Crippen MR) is 71.8 cm³/mol. The average Bonchev–Trinajstić information content (AvgIpc) is 2.60. The second kappa shape index (κ2) is 4.63. The number of ether oxygens (including phenoxy) is 1. The summed E-state index contributed by atoms with van der Waals surface area (Å²) in [6.07, 6.45) is 0.451. The first-order valence-electron chi connectivity index (χ1n) is 6.41. The van der Waals surface area contributed by atoms with E-state index in [9.17, 15) is 4.79 Å². The van der Waals surface area contributed by atoms with E-state index in [0.717, 1.165) is 24.3 Å². The number of para-hydroxylation sites is 1. The highest BCUT2D eigenvalue weighted by atomic mass is 16.5. The minimum Gasteiger partial charge on any atom is -0.480 e. The van der Waals surface area contributed by atoms with Crippen LogP contribution in [0.2, 0.25) is 0 Å². The summed E-state index contributed by atoms with van der Waals surface area (Å²) in [5, 5.41) is 0. The molecule has 1 saturated heterocycles. The van der Waals surface area contributed by atoms with Crippen LogP contribution in [0.25, 0.3) is 0 Å². The van der Waals surface area contributed by atoms with Crippen LogP contribution in [0.4, 0.5) is 0 Å². The zero-order valence-electron chi connectivity index (χ0n) is 11.6. The molecule has 3 heteroatoms. The summed E-state index contributed by atoms with van der Waals surface area (Å²) in [6, 6.07) is 7.98. The zero-order valence-corrected chi connectivity index (χ0v) is 11.6. The van der Waals surface area contributed by atoms with Crippen molar-refractivity contribution in [2.45, 2.75) is 38.7 Å². The van der Waals surface area contributed by atoms with Gasteiger partial charge in [0.25, 0.3) is 5.91 Å². The van der Waals surface area contributed by atoms with E-state index >= 15 is 0 Å². The molecule has 1 fully saturated rings. The van der Waals surface area contributed by atoms with Gasteiger partial charge in [0.15, 0.2) is 6.10 Å². The molecule has 1 amide bonds. The Hall–Kier alpha value is -1.51. The summed E-state index contributed by atoms with van der Waals surface area (Å²) >= 11 is 0. The number of hydrogen-bond donors (Lipinski definition) is 0. The van der Waals surface area contributed by atoms with Crippen molar-refractivity contribution >= 4 is 5.91 Å². The molecule has 1 aliphatic heterocycles. The molecule has 3 nitrogen and oxygen atoms in total. The van der Waals surface area contributed by atoms with E-state index in [4.69, 9.17) is 4.74 Å². The Kier molecular flexibility index (Phi) is 3.33. The summed E-state index contributed by atoms with van der Waals surface area (Å²) in [6.45, 7) is 7.23. The van der Waals surface area contributed by atoms with Crippen LogP contribution in [0.15, 0.2) is 24.3 Å². The molecule has 1 heterocycles. The lowest BCUT2D eigenvalue weighted by Crippen LogP contribution is -2.30. The van der Waals surface area contributed by atoms with Crippen molar-refractivity contribution in [3.63, 3.8) is 0 Å². The quantitative estimate of drug-likeness (QED) is 0.804. The average molecular weight is 247 g/mol. The molecule has 0 aromatic heterocycles. The van der Waals surface area contributed by atoms with E-state index in [0.29, 0.717) is 0 Å². The maximum Gasteiger partial charge on any atom is 0.263 e. The third kappa shape index (κ3) is 2.50. The van der Waals surface area contributed by atoms with Crippen LogP contribution in [0.5, 0.6) is 5.75 Å². The fourth-order valence-corrected chi connectivity index (χ4v) is 2.24. The molecule has 1 aliphatic rings. The molecule has 1 aromatic carbocycles. The van der Waals surface area contributed by atoms with Crippen molar-refractivity contribution in [3.8, 4) is 5.75 Å². The van der Waals surface area contributed by atoms with Crippen LogP contribution in [-0.4, -0.2) is 30.5 Å². The van der Waals surface area contributed by atoms with E-state index in [1.165, 1.54) is 0 Å². The number of carbonyl (C=O) groups is 1. The topological polar surface area (TPSA) is 29.5 Å². The van der Waals surface area contributed by atoms with E-state index in [1.54, 1.807) is 4.90 Å². The Balaban J connectivity index is 2.22. The maximum absolute atomic E-state index is 11.9. The first-order chi connectivity index (χ1) is 8.39. The Bertz CT molecular complexity index is 448. The Labute approximate surface area is 109 Å². The molecule has 1 atom stereocenters. The molecular weight excluding hydrogens is 226 g/mol. The van der Waals surface area contributed by atoms with Crippen LogP contribution in [0, 0.1) is 0 Å². The maximum atomic E-state index is 11.9. The lowest BCUT2D eigenvalue weighted by atomic mass is 9.86. The Morgan fingerprint density at radius 1 is 1.28 bits per heavy atom. The van der Waals surface area contributed by atoms with Gasteiger partial charge in [-0.2, -0.15) is 0 Å². The van der Waals surface area contributed by atoms with Gasteiger partial charge in [0, 0.05) is 20.0 Å². The van der Waals surface area contributed by atoms with Crippen LogP contribution < -0.4 is 4.74 Å². The van der Waals surface area contributed by atoms with Crippen molar-refractivity contribution in [3.05, 3.63) is 29.8 Å². The van der Waals surface area contributed by atoms with Gasteiger partial charge in [-0.05, 0) is 17.0 Å². The first kappa shape index (κ1) is 12.9.